The number of nitrogens with zero attached hydrogens (tertiary/aromatic N) is 3. The Balaban J connectivity index is 2.94. The van der Waals surface area contributed by atoms with Gasteiger partial charge in [-0.3, -0.25) is 4.79 Å². The zero-order valence-corrected chi connectivity index (χ0v) is 13.4. The fourth-order valence-corrected chi connectivity index (χ4v) is 2.85. The Morgan fingerprint density at radius 3 is 2.60 bits per heavy atom. The van der Waals surface area contributed by atoms with E-state index in [9.17, 15) is 4.79 Å². The summed E-state index contributed by atoms with van der Waals surface area (Å²) in [5, 5.41) is 0.794. The summed E-state index contributed by atoms with van der Waals surface area (Å²) in [6, 6.07) is 0. The number of anilines is 2. The molecule has 1 heterocycles. The SMILES string of the molecule is C=CCN(CCC)C(=O)c1sc(N(C)CCC)nc1N. The molecular formula is C14H24N4OS. The van der Waals surface area contributed by atoms with Crippen LogP contribution in [0.4, 0.5) is 10.9 Å². The Hall–Kier alpha value is -1.56. The minimum Gasteiger partial charge on any atom is -0.382 e. The molecular weight excluding hydrogens is 272 g/mol. The third-order valence-electron chi connectivity index (χ3n) is 2.85. The second kappa shape index (κ2) is 7.89. The molecule has 2 N–H and O–H groups in total. The summed E-state index contributed by atoms with van der Waals surface area (Å²) in [6.07, 6.45) is 3.66. The third-order valence-corrected chi connectivity index (χ3v) is 4.03. The summed E-state index contributed by atoms with van der Waals surface area (Å²) in [6.45, 7) is 9.96. The molecule has 1 rings (SSSR count). The summed E-state index contributed by atoms with van der Waals surface area (Å²) >= 11 is 1.36. The highest BCUT2D eigenvalue weighted by Crippen LogP contribution is 2.28. The molecule has 0 aliphatic heterocycles. The summed E-state index contributed by atoms with van der Waals surface area (Å²) in [5.41, 5.74) is 5.91. The zero-order valence-electron chi connectivity index (χ0n) is 12.6. The van der Waals surface area contributed by atoms with E-state index in [4.69, 9.17) is 5.73 Å². The number of nitrogen functional groups attached to an aromatic ring is 1. The van der Waals surface area contributed by atoms with Gasteiger partial charge in [-0.1, -0.05) is 31.3 Å². The fraction of sp³-hybridized carbons (Fsp3) is 0.571. The Kier molecular flexibility index (Phi) is 6.51. The van der Waals surface area contributed by atoms with Crippen molar-refractivity contribution in [3.05, 3.63) is 17.5 Å². The lowest BCUT2D eigenvalue weighted by Gasteiger charge is -2.19. The quantitative estimate of drug-likeness (QED) is 0.749. The van der Waals surface area contributed by atoms with Gasteiger partial charge in [0.1, 0.15) is 10.7 Å². The Bertz CT molecular complexity index is 458. The molecule has 0 aliphatic carbocycles. The van der Waals surface area contributed by atoms with E-state index >= 15 is 0 Å². The van der Waals surface area contributed by atoms with Crippen LogP contribution in [0.2, 0.25) is 0 Å². The van der Waals surface area contributed by atoms with Crippen molar-refractivity contribution in [2.24, 2.45) is 0 Å². The first kappa shape index (κ1) is 16.5. The maximum Gasteiger partial charge on any atom is 0.268 e. The van der Waals surface area contributed by atoms with Gasteiger partial charge in [0, 0.05) is 26.7 Å². The van der Waals surface area contributed by atoms with Crippen LogP contribution in [0.25, 0.3) is 0 Å². The fourth-order valence-electron chi connectivity index (χ4n) is 1.91. The summed E-state index contributed by atoms with van der Waals surface area (Å²) in [5.74, 6) is 0.265. The van der Waals surface area contributed by atoms with E-state index in [1.165, 1.54) is 11.3 Å². The monoisotopic (exact) mass is 296 g/mol. The average molecular weight is 296 g/mol. The van der Waals surface area contributed by atoms with Crippen LogP contribution in [0.1, 0.15) is 36.4 Å². The molecule has 20 heavy (non-hydrogen) atoms. The Labute approximate surface area is 125 Å². The standard InChI is InChI=1S/C14H24N4OS/c1-5-8-17(4)14-16-12(15)11(20-14)13(19)18(9-6-2)10-7-3/h6H,2,5,7-10,15H2,1,3-4H3. The molecule has 0 bridgehead atoms. The molecule has 0 aliphatic rings. The van der Waals surface area contributed by atoms with E-state index in [-0.39, 0.29) is 5.91 Å². The van der Waals surface area contributed by atoms with E-state index in [1.807, 2.05) is 18.9 Å². The smallest absolute Gasteiger partial charge is 0.268 e. The zero-order chi connectivity index (χ0) is 15.1. The van der Waals surface area contributed by atoms with Gasteiger partial charge in [0.2, 0.25) is 0 Å². The highest BCUT2D eigenvalue weighted by atomic mass is 32.1. The van der Waals surface area contributed by atoms with Gasteiger partial charge in [0.05, 0.1) is 0 Å². The van der Waals surface area contributed by atoms with Crippen molar-refractivity contribution >= 4 is 28.2 Å². The van der Waals surface area contributed by atoms with Crippen molar-refractivity contribution in [2.45, 2.75) is 26.7 Å². The molecule has 0 fully saturated rings. The predicted octanol–water partition coefficient (Wildman–Crippen LogP) is 2.61. The lowest BCUT2D eigenvalue weighted by atomic mass is 10.3. The van der Waals surface area contributed by atoms with Gasteiger partial charge in [-0.15, -0.1) is 6.58 Å². The molecule has 0 atom stereocenters. The molecule has 1 amide bonds. The van der Waals surface area contributed by atoms with Crippen LogP contribution in [0.5, 0.6) is 0 Å². The van der Waals surface area contributed by atoms with Crippen LogP contribution in [0, 0.1) is 0 Å². The van der Waals surface area contributed by atoms with Crippen molar-refractivity contribution in [3.8, 4) is 0 Å². The highest BCUT2D eigenvalue weighted by Gasteiger charge is 2.22. The van der Waals surface area contributed by atoms with Crippen LogP contribution < -0.4 is 10.6 Å². The number of aromatic nitrogens is 1. The maximum absolute atomic E-state index is 12.5. The molecule has 0 unspecified atom stereocenters. The number of amides is 1. The van der Waals surface area contributed by atoms with Gasteiger partial charge in [-0.2, -0.15) is 0 Å². The molecule has 0 spiro atoms. The molecule has 0 saturated heterocycles. The second-order valence-electron chi connectivity index (χ2n) is 4.67. The molecule has 112 valence electrons. The number of rotatable bonds is 8. The van der Waals surface area contributed by atoms with E-state index in [2.05, 4.69) is 18.5 Å². The first-order chi connectivity index (χ1) is 9.54. The van der Waals surface area contributed by atoms with E-state index in [1.54, 1.807) is 11.0 Å². The van der Waals surface area contributed by atoms with Crippen LogP contribution >= 0.6 is 11.3 Å². The van der Waals surface area contributed by atoms with Gasteiger partial charge in [0.25, 0.3) is 5.91 Å². The van der Waals surface area contributed by atoms with Crippen LogP contribution in [-0.4, -0.2) is 42.5 Å². The van der Waals surface area contributed by atoms with Crippen molar-refractivity contribution in [3.63, 3.8) is 0 Å². The van der Waals surface area contributed by atoms with Gasteiger partial charge >= 0.3 is 0 Å². The van der Waals surface area contributed by atoms with Gasteiger partial charge in [0.15, 0.2) is 5.13 Å². The van der Waals surface area contributed by atoms with Crippen molar-refractivity contribution in [1.29, 1.82) is 0 Å². The minimum absolute atomic E-state index is 0.0575. The lowest BCUT2D eigenvalue weighted by Crippen LogP contribution is -2.31. The van der Waals surface area contributed by atoms with Gasteiger partial charge < -0.3 is 15.5 Å². The highest BCUT2D eigenvalue weighted by molar-refractivity contribution is 7.18. The van der Waals surface area contributed by atoms with E-state index < -0.39 is 0 Å². The van der Waals surface area contributed by atoms with Gasteiger partial charge in [-0.25, -0.2) is 4.98 Å². The lowest BCUT2D eigenvalue weighted by molar-refractivity contribution is 0.0779. The molecule has 0 aromatic carbocycles. The topological polar surface area (TPSA) is 62.5 Å². The van der Waals surface area contributed by atoms with Crippen molar-refractivity contribution in [2.75, 3.05) is 37.3 Å². The minimum atomic E-state index is -0.0575. The Morgan fingerprint density at radius 1 is 1.40 bits per heavy atom. The first-order valence-electron chi connectivity index (χ1n) is 6.92. The van der Waals surface area contributed by atoms with E-state index in [0.29, 0.717) is 23.8 Å². The number of hydrogen-bond donors (Lipinski definition) is 1. The number of hydrogen-bond acceptors (Lipinski definition) is 5. The largest absolute Gasteiger partial charge is 0.382 e. The summed E-state index contributed by atoms with van der Waals surface area (Å²) in [4.78, 5) is 21.1. The second-order valence-corrected chi connectivity index (χ2v) is 5.65. The summed E-state index contributed by atoms with van der Waals surface area (Å²) in [7, 11) is 1.96. The molecule has 1 aromatic heterocycles. The van der Waals surface area contributed by atoms with Crippen LogP contribution in [0.3, 0.4) is 0 Å². The number of nitrogens with two attached hydrogens (primary N) is 1. The molecule has 0 saturated carbocycles. The average Bonchev–Trinajstić information content (AvgIpc) is 2.80. The first-order valence-corrected chi connectivity index (χ1v) is 7.74. The molecule has 6 heteroatoms. The van der Waals surface area contributed by atoms with Crippen molar-refractivity contribution < 1.29 is 4.79 Å². The number of carbonyl (C=O) groups excluding carboxylic acids is 1. The molecule has 1 aromatic rings. The number of carbonyl (C=O) groups is 1. The Morgan fingerprint density at radius 2 is 2.05 bits per heavy atom. The van der Waals surface area contributed by atoms with Crippen LogP contribution in [-0.2, 0) is 0 Å². The molecule has 0 radical (unpaired) electrons. The normalized spacial score (nSPS) is 10.3. The molecule has 5 nitrogen and oxygen atoms in total. The summed E-state index contributed by atoms with van der Waals surface area (Å²) < 4.78 is 0. The third kappa shape index (κ3) is 3.96. The van der Waals surface area contributed by atoms with Crippen LogP contribution in [0.15, 0.2) is 12.7 Å². The van der Waals surface area contributed by atoms with Crippen molar-refractivity contribution in [1.82, 2.24) is 9.88 Å². The number of thiazole rings is 1. The maximum atomic E-state index is 12.5. The predicted molar refractivity (Wildman–Crippen MR) is 86.5 cm³/mol. The van der Waals surface area contributed by atoms with E-state index in [0.717, 1.165) is 24.5 Å². The van der Waals surface area contributed by atoms with Gasteiger partial charge in [-0.05, 0) is 12.8 Å².